The molecule has 2 fully saturated rings. The van der Waals surface area contributed by atoms with Crippen LogP contribution in [0.15, 0.2) is 48.8 Å². The van der Waals surface area contributed by atoms with Crippen molar-refractivity contribution in [2.45, 2.75) is 77.5 Å². The van der Waals surface area contributed by atoms with Gasteiger partial charge < -0.3 is 40.2 Å². The molecule has 0 spiro atoms. The number of carbonyl (C=O) groups is 4. The van der Waals surface area contributed by atoms with Crippen molar-refractivity contribution < 1.29 is 29.0 Å². The van der Waals surface area contributed by atoms with Crippen LogP contribution in [0.5, 0.6) is 0 Å². The summed E-state index contributed by atoms with van der Waals surface area (Å²) in [7, 11) is 1.28. The van der Waals surface area contributed by atoms with Crippen LogP contribution < -0.4 is 10.6 Å². The molecule has 2 aliphatic heterocycles. The van der Waals surface area contributed by atoms with Gasteiger partial charge >= 0.3 is 12.2 Å². The Labute approximate surface area is 319 Å². The number of hydrogen-bond acceptors (Lipinski definition) is 7. The number of alkyl carbamates (subject to hydrolysis) is 1. The minimum Gasteiger partial charge on any atom is -0.465 e. The number of ether oxygens (including phenoxy) is 1. The van der Waals surface area contributed by atoms with E-state index in [2.05, 4.69) is 49.3 Å². The van der Waals surface area contributed by atoms with Gasteiger partial charge in [-0.05, 0) is 84.4 Å². The summed E-state index contributed by atoms with van der Waals surface area (Å²) in [4.78, 5) is 69.2. The highest BCUT2D eigenvalue weighted by atomic mass is 16.5. The first kappa shape index (κ1) is 38.4. The van der Waals surface area contributed by atoms with Crippen molar-refractivity contribution in [2.75, 3.05) is 20.2 Å². The van der Waals surface area contributed by atoms with E-state index in [-0.39, 0.29) is 35.7 Å². The van der Waals surface area contributed by atoms with E-state index in [0.29, 0.717) is 36.1 Å². The second kappa shape index (κ2) is 16.8. The number of benzene rings is 2. The first-order valence-corrected chi connectivity index (χ1v) is 18.5. The fourth-order valence-corrected chi connectivity index (χ4v) is 7.15. The van der Waals surface area contributed by atoms with Gasteiger partial charge in [-0.1, -0.05) is 51.7 Å². The van der Waals surface area contributed by atoms with E-state index in [4.69, 9.17) is 9.72 Å². The Kier molecular flexibility index (Phi) is 11.7. The number of H-pyrrole nitrogens is 2. The average molecular weight is 747 g/mol. The molecular weight excluding hydrogens is 701 g/mol. The molecule has 0 saturated carbocycles. The van der Waals surface area contributed by atoms with Crippen LogP contribution in [-0.2, 0) is 14.3 Å². The van der Waals surface area contributed by atoms with Gasteiger partial charge in [0.25, 0.3) is 0 Å². The van der Waals surface area contributed by atoms with E-state index in [1.165, 1.54) is 7.11 Å². The Hall–Kier alpha value is -6.28. The summed E-state index contributed by atoms with van der Waals surface area (Å²) in [5.74, 6) is 13.2. The number of methoxy groups -OCH3 is 1. The quantitative estimate of drug-likeness (QED) is 0.155. The Morgan fingerprint density at radius 2 is 1.20 bits per heavy atom. The molecule has 0 unspecified atom stereocenters. The molecule has 6 rings (SSSR count). The minimum absolute atomic E-state index is 0.117. The Morgan fingerprint density at radius 3 is 1.62 bits per heavy atom. The maximum Gasteiger partial charge on any atom is 0.407 e. The molecule has 0 aliphatic carbocycles. The summed E-state index contributed by atoms with van der Waals surface area (Å²) in [6.45, 7) is 8.51. The fourth-order valence-electron chi connectivity index (χ4n) is 7.15. The van der Waals surface area contributed by atoms with E-state index in [9.17, 15) is 24.3 Å². The number of aromatic amines is 2. The van der Waals surface area contributed by atoms with Crippen molar-refractivity contribution in [3.05, 3.63) is 83.0 Å². The molecule has 4 heterocycles. The lowest BCUT2D eigenvalue weighted by Crippen LogP contribution is -2.51. The van der Waals surface area contributed by atoms with Crippen molar-refractivity contribution in [1.29, 1.82) is 0 Å². The third-order valence-electron chi connectivity index (χ3n) is 10.0. The zero-order chi connectivity index (χ0) is 39.2. The van der Waals surface area contributed by atoms with Gasteiger partial charge in [-0.3, -0.25) is 9.59 Å². The normalized spacial score (nSPS) is 17.7. The fraction of sp³-hybridized carbons (Fsp3) is 0.415. The predicted molar refractivity (Wildman–Crippen MR) is 204 cm³/mol. The topological polar surface area (TPSA) is 186 Å². The summed E-state index contributed by atoms with van der Waals surface area (Å²) in [6.07, 6.45) is 4.72. The average Bonchev–Trinajstić information content (AvgIpc) is 4.00. The molecule has 2 aromatic carbocycles. The molecule has 4 aromatic rings. The SMILES string of the molecule is COC(=O)N[C@H](C(=O)N1CCC[C@H]1c1nc(C#Cc2ccc3cc(C#Cc4c[nH]c([C@@H]5CCCN5C(=O)[C@@H](NC(=O)O)C(C)C)n4)ccc3c2)c[nH]1)C(C)C. The molecule has 55 heavy (non-hydrogen) atoms. The van der Waals surface area contributed by atoms with Crippen molar-refractivity contribution in [3.63, 3.8) is 0 Å². The number of carbonyl (C=O) groups excluding carboxylic acids is 3. The van der Waals surface area contributed by atoms with Gasteiger partial charge in [0.2, 0.25) is 11.8 Å². The number of carboxylic acid groups (broad SMARTS) is 1. The van der Waals surface area contributed by atoms with Gasteiger partial charge in [0.05, 0.1) is 19.2 Å². The Morgan fingerprint density at radius 1 is 0.745 bits per heavy atom. The molecule has 14 nitrogen and oxygen atoms in total. The van der Waals surface area contributed by atoms with E-state index in [1.54, 1.807) is 22.2 Å². The van der Waals surface area contributed by atoms with Crippen LogP contribution in [0, 0.1) is 35.5 Å². The summed E-state index contributed by atoms with van der Waals surface area (Å²) in [5.41, 5.74) is 2.76. The standard InChI is InChI=1S/C41H46N8O6/c1-24(2)34(46-40(52)53)38(50)48-18-6-8-32(48)36-42-22-30(44-36)16-12-26-10-14-29-21-27(11-15-28(29)20-26)13-17-31-23-43-37(45-31)33-9-7-19-49(33)39(51)35(25(3)4)47-41(54)55-5/h10-11,14-15,20-25,32-35,46H,6-9,18-19H2,1-5H3,(H,42,44)(H,43,45)(H,47,54)(H,52,53)/t32-,33-,34-,35-/m0/s1. The zero-order valence-corrected chi connectivity index (χ0v) is 31.6. The number of amides is 4. The number of nitrogens with zero attached hydrogens (tertiary/aromatic N) is 4. The highest BCUT2D eigenvalue weighted by Gasteiger charge is 2.38. The number of rotatable bonds is 8. The lowest BCUT2D eigenvalue weighted by atomic mass is 10.0. The van der Waals surface area contributed by atoms with Gasteiger partial charge in [-0.2, -0.15) is 0 Å². The smallest absolute Gasteiger partial charge is 0.407 e. The lowest BCUT2D eigenvalue weighted by Gasteiger charge is -2.29. The summed E-state index contributed by atoms with van der Waals surface area (Å²) in [6, 6.07) is 9.85. The summed E-state index contributed by atoms with van der Waals surface area (Å²) >= 11 is 0. The van der Waals surface area contributed by atoms with Crippen LogP contribution in [0.4, 0.5) is 9.59 Å². The van der Waals surface area contributed by atoms with Gasteiger partial charge in [-0.15, -0.1) is 0 Å². The first-order valence-electron chi connectivity index (χ1n) is 18.5. The van der Waals surface area contributed by atoms with Crippen LogP contribution in [0.25, 0.3) is 10.8 Å². The highest BCUT2D eigenvalue weighted by molar-refractivity contribution is 5.87. The number of nitrogens with one attached hydrogen (secondary N) is 4. The molecular formula is C41H46N8O6. The molecule has 4 atom stereocenters. The van der Waals surface area contributed by atoms with E-state index in [1.807, 2.05) is 64.1 Å². The van der Waals surface area contributed by atoms with Crippen molar-refractivity contribution >= 4 is 34.8 Å². The molecule has 2 aromatic heterocycles. The zero-order valence-electron chi connectivity index (χ0n) is 31.6. The minimum atomic E-state index is -1.22. The summed E-state index contributed by atoms with van der Waals surface area (Å²) in [5, 5.41) is 16.3. The Balaban J connectivity index is 1.10. The van der Waals surface area contributed by atoms with Crippen molar-refractivity contribution in [3.8, 4) is 23.7 Å². The van der Waals surface area contributed by atoms with E-state index in [0.717, 1.165) is 47.6 Å². The Bertz CT molecular complexity index is 2200. The van der Waals surface area contributed by atoms with Crippen molar-refractivity contribution in [2.24, 2.45) is 11.8 Å². The molecule has 14 heteroatoms. The highest BCUT2D eigenvalue weighted by Crippen LogP contribution is 2.33. The maximum atomic E-state index is 13.4. The predicted octanol–water partition coefficient (Wildman–Crippen LogP) is 5.09. The second-order valence-electron chi connectivity index (χ2n) is 14.5. The third-order valence-corrected chi connectivity index (χ3v) is 10.0. The molecule has 2 aliphatic rings. The van der Waals surface area contributed by atoms with Crippen LogP contribution in [0.1, 0.15) is 99.6 Å². The third kappa shape index (κ3) is 8.92. The molecule has 5 N–H and O–H groups in total. The first-order chi connectivity index (χ1) is 26.4. The number of likely N-dealkylation sites (tertiary alicyclic amines) is 2. The van der Waals surface area contributed by atoms with Gasteiger partial charge in [0, 0.05) is 36.6 Å². The second-order valence-corrected chi connectivity index (χ2v) is 14.5. The lowest BCUT2D eigenvalue weighted by molar-refractivity contribution is -0.136. The van der Waals surface area contributed by atoms with Crippen LogP contribution >= 0.6 is 0 Å². The van der Waals surface area contributed by atoms with Crippen LogP contribution in [-0.4, -0.2) is 91.1 Å². The van der Waals surface area contributed by atoms with E-state index < -0.39 is 24.3 Å². The van der Waals surface area contributed by atoms with Gasteiger partial charge in [0.15, 0.2) is 0 Å². The summed E-state index contributed by atoms with van der Waals surface area (Å²) < 4.78 is 4.73. The number of fused-ring (bicyclic) bond motifs is 1. The van der Waals surface area contributed by atoms with E-state index >= 15 is 0 Å². The van der Waals surface area contributed by atoms with Crippen LogP contribution in [0.3, 0.4) is 0 Å². The molecule has 0 radical (unpaired) electrons. The molecule has 2 saturated heterocycles. The number of imidazole rings is 2. The molecule has 0 bridgehead atoms. The maximum absolute atomic E-state index is 13.4. The van der Waals surface area contributed by atoms with Gasteiger partial charge in [-0.25, -0.2) is 19.6 Å². The molecule has 286 valence electrons. The van der Waals surface area contributed by atoms with Crippen molar-refractivity contribution in [1.82, 2.24) is 40.4 Å². The monoisotopic (exact) mass is 746 g/mol. The van der Waals surface area contributed by atoms with Gasteiger partial charge in [0.1, 0.15) is 35.1 Å². The number of aromatic nitrogens is 4. The molecule has 4 amide bonds. The number of hydrogen-bond donors (Lipinski definition) is 5. The van der Waals surface area contributed by atoms with Crippen LogP contribution in [0.2, 0.25) is 0 Å². The largest absolute Gasteiger partial charge is 0.465 e.